The smallest absolute Gasteiger partial charge is 0.230 e. The van der Waals surface area contributed by atoms with E-state index in [0.29, 0.717) is 16.6 Å². The first kappa shape index (κ1) is 18.2. The summed E-state index contributed by atoms with van der Waals surface area (Å²) < 4.78 is 24.7. The van der Waals surface area contributed by atoms with Crippen LogP contribution in [-0.4, -0.2) is 57.3 Å². The predicted octanol–water partition coefficient (Wildman–Crippen LogP) is 1.10. The summed E-state index contributed by atoms with van der Waals surface area (Å²) in [6.07, 6.45) is 0.425. The zero-order valence-electron chi connectivity index (χ0n) is 13.3. The molecule has 25 heavy (non-hydrogen) atoms. The zero-order valence-corrected chi connectivity index (χ0v) is 15.7. The Labute approximate surface area is 154 Å². The fourth-order valence-corrected chi connectivity index (χ4v) is 5.54. The summed E-state index contributed by atoms with van der Waals surface area (Å²) in [5, 5.41) is 15.3. The van der Waals surface area contributed by atoms with E-state index in [0.717, 1.165) is 5.69 Å². The van der Waals surface area contributed by atoms with Crippen LogP contribution in [0.1, 0.15) is 13.3 Å². The summed E-state index contributed by atoms with van der Waals surface area (Å²) in [5.41, 5.74) is 0.0182. The number of carbonyl (C=O) groups is 1. The second-order valence-electron chi connectivity index (χ2n) is 6.09. The van der Waals surface area contributed by atoms with Crippen molar-refractivity contribution >= 4 is 39.1 Å². The van der Waals surface area contributed by atoms with Gasteiger partial charge in [0.15, 0.2) is 9.84 Å². The first-order chi connectivity index (χ1) is 11.8. The van der Waals surface area contributed by atoms with Crippen LogP contribution < -0.4 is 5.32 Å². The molecule has 2 heterocycles. The van der Waals surface area contributed by atoms with Crippen molar-refractivity contribution in [3.8, 4) is 5.69 Å². The van der Waals surface area contributed by atoms with Gasteiger partial charge in [0.2, 0.25) is 11.1 Å². The molecule has 1 aromatic heterocycles. The van der Waals surface area contributed by atoms with Gasteiger partial charge >= 0.3 is 0 Å². The molecule has 1 aliphatic heterocycles. The van der Waals surface area contributed by atoms with Gasteiger partial charge in [-0.1, -0.05) is 23.4 Å². The van der Waals surface area contributed by atoms with Crippen LogP contribution in [0.4, 0.5) is 0 Å². The Morgan fingerprint density at radius 2 is 2.12 bits per heavy atom. The van der Waals surface area contributed by atoms with Crippen LogP contribution in [0.25, 0.3) is 5.69 Å². The van der Waals surface area contributed by atoms with Crippen molar-refractivity contribution in [2.24, 2.45) is 0 Å². The monoisotopic (exact) mass is 401 g/mol. The van der Waals surface area contributed by atoms with Crippen LogP contribution in [0, 0.1) is 0 Å². The van der Waals surface area contributed by atoms with Gasteiger partial charge in [0.05, 0.1) is 28.5 Å². The van der Waals surface area contributed by atoms with Crippen molar-refractivity contribution in [3.63, 3.8) is 0 Å². The third kappa shape index (κ3) is 4.50. The highest BCUT2D eigenvalue weighted by atomic mass is 35.5. The summed E-state index contributed by atoms with van der Waals surface area (Å²) >= 11 is 7.04. The van der Waals surface area contributed by atoms with Gasteiger partial charge in [-0.2, -0.15) is 4.68 Å². The first-order valence-electron chi connectivity index (χ1n) is 7.45. The van der Waals surface area contributed by atoms with Crippen LogP contribution in [0.5, 0.6) is 0 Å². The van der Waals surface area contributed by atoms with Gasteiger partial charge in [-0.25, -0.2) is 8.42 Å². The minimum Gasteiger partial charge on any atom is -0.349 e. The largest absolute Gasteiger partial charge is 0.349 e. The third-order valence-electron chi connectivity index (χ3n) is 3.79. The molecule has 8 nitrogen and oxygen atoms in total. The summed E-state index contributed by atoms with van der Waals surface area (Å²) in [4.78, 5) is 12.2. The SMILES string of the molecule is CC1(NC(=O)CSc2nnnn2-c2ccc(Cl)cc2)CCS(=O)(=O)C1. The molecule has 0 radical (unpaired) electrons. The van der Waals surface area contributed by atoms with E-state index in [1.807, 2.05) is 0 Å². The number of rotatable bonds is 5. The molecule has 1 aliphatic rings. The average molecular weight is 402 g/mol. The summed E-state index contributed by atoms with van der Waals surface area (Å²) in [5.74, 6) is -0.0934. The van der Waals surface area contributed by atoms with Gasteiger partial charge in [-0.15, -0.1) is 5.10 Å². The maximum absolute atomic E-state index is 12.2. The molecule has 1 aromatic carbocycles. The normalized spacial score (nSPS) is 22.0. The molecule has 0 saturated carbocycles. The highest BCUT2D eigenvalue weighted by Crippen LogP contribution is 2.24. The number of benzene rings is 1. The Hall–Kier alpha value is -1.65. The highest BCUT2D eigenvalue weighted by Gasteiger charge is 2.39. The van der Waals surface area contributed by atoms with Gasteiger partial charge < -0.3 is 5.32 Å². The second-order valence-corrected chi connectivity index (χ2v) is 9.65. The lowest BCUT2D eigenvalue weighted by molar-refractivity contribution is -0.120. The number of hydrogen-bond acceptors (Lipinski definition) is 7. The van der Waals surface area contributed by atoms with Crippen LogP contribution in [-0.2, 0) is 14.6 Å². The molecule has 1 saturated heterocycles. The van der Waals surface area contributed by atoms with E-state index in [4.69, 9.17) is 11.6 Å². The molecule has 134 valence electrons. The van der Waals surface area contributed by atoms with E-state index < -0.39 is 15.4 Å². The first-order valence-corrected chi connectivity index (χ1v) is 10.6. The summed E-state index contributed by atoms with van der Waals surface area (Å²) in [7, 11) is -3.07. The van der Waals surface area contributed by atoms with Crippen LogP contribution in [0.3, 0.4) is 0 Å². The molecular weight excluding hydrogens is 386 g/mol. The van der Waals surface area contributed by atoms with Crippen molar-refractivity contribution in [1.29, 1.82) is 0 Å². The van der Waals surface area contributed by atoms with E-state index in [1.54, 1.807) is 31.2 Å². The Kier molecular flexibility index (Phi) is 5.03. The molecule has 0 aliphatic carbocycles. The van der Waals surface area contributed by atoms with Crippen molar-refractivity contribution in [3.05, 3.63) is 29.3 Å². The quantitative estimate of drug-likeness (QED) is 0.747. The number of hydrogen-bond donors (Lipinski definition) is 1. The molecule has 11 heteroatoms. The Balaban J connectivity index is 1.62. The molecule has 2 aromatic rings. The molecule has 3 rings (SSSR count). The molecule has 1 amide bonds. The number of tetrazole rings is 1. The maximum Gasteiger partial charge on any atom is 0.230 e. The Morgan fingerprint density at radius 1 is 1.40 bits per heavy atom. The lowest BCUT2D eigenvalue weighted by Gasteiger charge is -2.23. The maximum atomic E-state index is 12.2. The predicted molar refractivity (Wildman–Crippen MR) is 94.7 cm³/mol. The Bertz CT molecular complexity index is 884. The van der Waals surface area contributed by atoms with Crippen molar-refractivity contribution in [2.45, 2.75) is 24.0 Å². The molecule has 1 unspecified atom stereocenters. The van der Waals surface area contributed by atoms with Crippen LogP contribution >= 0.6 is 23.4 Å². The van der Waals surface area contributed by atoms with E-state index in [2.05, 4.69) is 20.8 Å². The zero-order chi connectivity index (χ0) is 18.1. The van der Waals surface area contributed by atoms with E-state index >= 15 is 0 Å². The summed E-state index contributed by atoms with van der Waals surface area (Å²) in [6.45, 7) is 1.75. The Morgan fingerprint density at radius 3 is 2.76 bits per heavy atom. The van der Waals surface area contributed by atoms with Crippen molar-refractivity contribution in [1.82, 2.24) is 25.5 Å². The fraction of sp³-hybridized carbons (Fsp3) is 0.429. The minimum absolute atomic E-state index is 0.0288. The van der Waals surface area contributed by atoms with E-state index in [-0.39, 0.29) is 23.2 Å². The summed E-state index contributed by atoms with van der Waals surface area (Å²) in [6, 6.07) is 6.99. The van der Waals surface area contributed by atoms with Gasteiger partial charge in [-0.05, 0) is 48.0 Å². The lowest BCUT2D eigenvalue weighted by atomic mass is 10.0. The standard InChI is InChI=1S/C14H16ClN5O3S2/c1-14(6-7-25(22,23)9-14)16-12(21)8-24-13-17-18-19-20(13)11-4-2-10(15)3-5-11/h2-5H,6-9H2,1H3,(H,16,21). The van der Waals surface area contributed by atoms with Gasteiger partial charge in [0.25, 0.3) is 0 Å². The highest BCUT2D eigenvalue weighted by molar-refractivity contribution is 7.99. The minimum atomic E-state index is -3.07. The average Bonchev–Trinajstić information content (AvgIpc) is 3.10. The van der Waals surface area contributed by atoms with Crippen LogP contribution in [0.15, 0.2) is 29.4 Å². The number of nitrogens with one attached hydrogen (secondary N) is 1. The van der Waals surface area contributed by atoms with Gasteiger partial charge in [0, 0.05) is 5.02 Å². The number of halogens is 1. The molecule has 1 atom stereocenters. The van der Waals surface area contributed by atoms with Crippen molar-refractivity contribution in [2.75, 3.05) is 17.3 Å². The lowest BCUT2D eigenvalue weighted by Crippen LogP contribution is -2.47. The topological polar surface area (TPSA) is 107 Å². The number of aromatic nitrogens is 4. The molecule has 1 N–H and O–H groups in total. The van der Waals surface area contributed by atoms with Gasteiger partial charge in [0.1, 0.15) is 0 Å². The number of thioether (sulfide) groups is 1. The van der Waals surface area contributed by atoms with Gasteiger partial charge in [-0.3, -0.25) is 4.79 Å². The van der Waals surface area contributed by atoms with E-state index in [9.17, 15) is 13.2 Å². The molecule has 0 bridgehead atoms. The molecule has 1 fully saturated rings. The number of nitrogens with zero attached hydrogens (tertiary/aromatic N) is 4. The third-order valence-corrected chi connectivity index (χ3v) is 6.86. The second kappa shape index (κ2) is 6.93. The number of carbonyl (C=O) groups excluding carboxylic acids is 1. The molecular formula is C14H16ClN5O3S2. The number of amides is 1. The fourth-order valence-electron chi connectivity index (χ4n) is 2.63. The van der Waals surface area contributed by atoms with Crippen LogP contribution in [0.2, 0.25) is 5.02 Å². The van der Waals surface area contributed by atoms with E-state index in [1.165, 1.54) is 16.4 Å². The number of sulfone groups is 1. The van der Waals surface area contributed by atoms with Crippen molar-refractivity contribution < 1.29 is 13.2 Å². The molecule has 0 spiro atoms.